The third-order valence-corrected chi connectivity index (χ3v) is 4.83. The summed E-state index contributed by atoms with van der Waals surface area (Å²) in [5.74, 6) is 1.01. The number of nitrogens with zero attached hydrogens (tertiary/aromatic N) is 2. The second-order valence-corrected chi connectivity index (χ2v) is 6.57. The summed E-state index contributed by atoms with van der Waals surface area (Å²) in [5, 5.41) is 3.19. The molecule has 1 aliphatic rings. The Morgan fingerprint density at radius 1 is 1.18 bits per heavy atom. The summed E-state index contributed by atoms with van der Waals surface area (Å²) in [7, 11) is 0. The Hall–Kier alpha value is -1.84. The van der Waals surface area contributed by atoms with Gasteiger partial charge in [-0.15, -0.1) is 0 Å². The highest BCUT2D eigenvalue weighted by Crippen LogP contribution is 2.21. The van der Waals surface area contributed by atoms with E-state index in [0.29, 0.717) is 12.6 Å². The molecule has 0 radical (unpaired) electrons. The van der Waals surface area contributed by atoms with E-state index < -0.39 is 0 Å². The number of hydrogen-bond donors (Lipinski definition) is 1. The van der Waals surface area contributed by atoms with E-state index in [2.05, 4.69) is 36.3 Å². The summed E-state index contributed by atoms with van der Waals surface area (Å²) >= 11 is 0. The van der Waals surface area contributed by atoms with Crippen molar-refractivity contribution < 1.29 is 4.79 Å². The van der Waals surface area contributed by atoms with Gasteiger partial charge in [-0.3, -0.25) is 4.79 Å². The van der Waals surface area contributed by atoms with Gasteiger partial charge in [-0.1, -0.05) is 19.3 Å². The van der Waals surface area contributed by atoms with Gasteiger partial charge in [0, 0.05) is 6.04 Å². The van der Waals surface area contributed by atoms with Gasteiger partial charge in [0.15, 0.2) is 0 Å². The first-order chi connectivity index (χ1) is 10.5. The van der Waals surface area contributed by atoms with Gasteiger partial charge in [-0.05, 0) is 56.9 Å². The first kappa shape index (κ1) is 15.1. The normalized spacial score (nSPS) is 16.1. The highest BCUT2D eigenvalue weighted by atomic mass is 16.2. The van der Waals surface area contributed by atoms with Crippen LogP contribution in [0.25, 0.3) is 11.0 Å². The van der Waals surface area contributed by atoms with E-state index in [1.54, 1.807) is 0 Å². The number of imidazole rings is 1. The molecule has 1 aromatic heterocycles. The first-order valence-electron chi connectivity index (χ1n) is 8.28. The molecule has 1 N–H and O–H groups in total. The smallest absolute Gasteiger partial charge is 0.240 e. The number of carbonyl (C=O) groups excluding carboxylic acids is 1. The van der Waals surface area contributed by atoms with Gasteiger partial charge in [0.2, 0.25) is 5.91 Å². The highest BCUT2D eigenvalue weighted by molar-refractivity contribution is 5.82. The molecule has 118 valence electrons. The topological polar surface area (TPSA) is 46.9 Å². The predicted octanol–water partition coefficient (Wildman–Crippen LogP) is 3.41. The van der Waals surface area contributed by atoms with E-state index in [1.807, 2.05) is 11.5 Å². The van der Waals surface area contributed by atoms with Crippen LogP contribution in [0.5, 0.6) is 0 Å². The van der Waals surface area contributed by atoms with Gasteiger partial charge in [-0.25, -0.2) is 4.98 Å². The number of hydrogen-bond acceptors (Lipinski definition) is 2. The molecule has 1 saturated carbocycles. The van der Waals surface area contributed by atoms with Crippen molar-refractivity contribution in [2.75, 3.05) is 0 Å². The van der Waals surface area contributed by atoms with Crippen LogP contribution in [-0.4, -0.2) is 21.5 Å². The summed E-state index contributed by atoms with van der Waals surface area (Å²) in [5.41, 5.74) is 4.51. The number of nitrogens with one attached hydrogen (secondary N) is 1. The SMILES string of the molecule is Cc1cc2nc(C)n(CC(=O)NC3CCCCC3)c2cc1C. The third-order valence-electron chi connectivity index (χ3n) is 4.83. The predicted molar refractivity (Wildman–Crippen MR) is 89.0 cm³/mol. The lowest BCUT2D eigenvalue weighted by atomic mass is 9.95. The Morgan fingerprint density at radius 2 is 1.86 bits per heavy atom. The fourth-order valence-corrected chi connectivity index (χ4v) is 3.36. The van der Waals surface area contributed by atoms with E-state index in [1.165, 1.54) is 30.4 Å². The third kappa shape index (κ3) is 3.01. The minimum absolute atomic E-state index is 0.104. The maximum atomic E-state index is 12.4. The summed E-state index contributed by atoms with van der Waals surface area (Å²) in [6.07, 6.45) is 6.00. The van der Waals surface area contributed by atoms with Crippen molar-refractivity contribution in [3.8, 4) is 0 Å². The summed E-state index contributed by atoms with van der Waals surface area (Å²) in [6, 6.07) is 4.60. The summed E-state index contributed by atoms with van der Waals surface area (Å²) in [4.78, 5) is 17.0. The number of rotatable bonds is 3. The van der Waals surface area contributed by atoms with Crippen LogP contribution in [0.4, 0.5) is 0 Å². The Bertz CT molecular complexity index is 696. The lowest BCUT2D eigenvalue weighted by molar-refractivity contribution is -0.122. The second-order valence-electron chi connectivity index (χ2n) is 6.57. The molecule has 0 unspecified atom stereocenters. The van der Waals surface area contributed by atoms with Crippen LogP contribution in [-0.2, 0) is 11.3 Å². The molecule has 2 aromatic rings. The van der Waals surface area contributed by atoms with Crippen LogP contribution in [0, 0.1) is 20.8 Å². The molecular formula is C18H25N3O. The van der Waals surface area contributed by atoms with Gasteiger partial charge >= 0.3 is 0 Å². The molecule has 0 bridgehead atoms. The van der Waals surface area contributed by atoms with E-state index >= 15 is 0 Å². The highest BCUT2D eigenvalue weighted by Gasteiger charge is 2.17. The van der Waals surface area contributed by atoms with Crippen molar-refractivity contribution in [2.24, 2.45) is 0 Å². The quantitative estimate of drug-likeness (QED) is 0.944. The Labute approximate surface area is 131 Å². The summed E-state index contributed by atoms with van der Waals surface area (Å²) < 4.78 is 2.03. The van der Waals surface area contributed by atoms with E-state index in [9.17, 15) is 4.79 Å². The number of carbonyl (C=O) groups is 1. The van der Waals surface area contributed by atoms with Crippen LogP contribution in [0.3, 0.4) is 0 Å². The molecule has 4 nitrogen and oxygen atoms in total. The number of amides is 1. The molecule has 1 amide bonds. The van der Waals surface area contributed by atoms with Crippen LogP contribution < -0.4 is 5.32 Å². The molecule has 3 rings (SSSR count). The molecule has 0 aliphatic heterocycles. The van der Waals surface area contributed by atoms with Crippen molar-refractivity contribution >= 4 is 16.9 Å². The molecule has 4 heteroatoms. The number of aryl methyl sites for hydroxylation is 3. The molecule has 22 heavy (non-hydrogen) atoms. The lowest BCUT2D eigenvalue weighted by Crippen LogP contribution is -2.38. The largest absolute Gasteiger partial charge is 0.352 e. The number of fused-ring (bicyclic) bond motifs is 1. The van der Waals surface area contributed by atoms with Crippen molar-refractivity contribution in [1.82, 2.24) is 14.9 Å². The van der Waals surface area contributed by atoms with Crippen molar-refractivity contribution in [3.63, 3.8) is 0 Å². The maximum Gasteiger partial charge on any atom is 0.240 e. The molecule has 1 fully saturated rings. The van der Waals surface area contributed by atoms with E-state index in [-0.39, 0.29) is 5.91 Å². The Balaban J connectivity index is 1.79. The zero-order valence-electron chi connectivity index (χ0n) is 13.8. The molecule has 1 aliphatic carbocycles. The minimum atomic E-state index is 0.104. The van der Waals surface area contributed by atoms with E-state index in [4.69, 9.17) is 0 Å². The van der Waals surface area contributed by atoms with Crippen molar-refractivity contribution in [3.05, 3.63) is 29.1 Å². The molecule has 1 heterocycles. The van der Waals surface area contributed by atoms with Crippen LogP contribution >= 0.6 is 0 Å². The Morgan fingerprint density at radius 3 is 2.59 bits per heavy atom. The average molecular weight is 299 g/mol. The van der Waals surface area contributed by atoms with Gasteiger partial charge in [0.05, 0.1) is 11.0 Å². The van der Waals surface area contributed by atoms with Gasteiger partial charge < -0.3 is 9.88 Å². The summed E-state index contributed by atoms with van der Waals surface area (Å²) in [6.45, 7) is 6.53. The lowest BCUT2D eigenvalue weighted by Gasteiger charge is -2.23. The minimum Gasteiger partial charge on any atom is -0.352 e. The molecule has 0 spiro atoms. The van der Waals surface area contributed by atoms with Crippen LogP contribution in [0.2, 0.25) is 0 Å². The zero-order chi connectivity index (χ0) is 15.7. The molecular weight excluding hydrogens is 274 g/mol. The standard InChI is InChI=1S/C18H25N3O/c1-12-9-16-17(10-13(12)2)21(14(3)19-16)11-18(22)20-15-7-5-4-6-8-15/h9-10,15H,4-8,11H2,1-3H3,(H,20,22). The van der Waals surface area contributed by atoms with Gasteiger partial charge in [0.25, 0.3) is 0 Å². The van der Waals surface area contributed by atoms with Crippen LogP contribution in [0.15, 0.2) is 12.1 Å². The molecule has 1 aromatic carbocycles. The van der Waals surface area contributed by atoms with Crippen molar-refractivity contribution in [2.45, 2.75) is 65.5 Å². The first-order valence-corrected chi connectivity index (χ1v) is 8.28. The van der Waals surface area contributed by atoms with Crippen LogP contribution in [0.1, 0.15) is 49.1 Å². The molecule has 0 saturated heterocycles. The maximum absolute atomic E-state index is 12.4. The fourth-order valence-electron chi connectivity index (χ4n) is 3.36. The van der Waals surface area contributed by atoms with E-state index in [0.717, 1.165) is 29.7 Å². The zero-order valence-corrected chi connectivity index (χ0v) is 13.8. The monoisotopic (exact) mass is 299 g/mol. The average Bonchev–Trinajstić information content (AvgIpc) is 2.76. The number of aromatic nitrogens is 2. The Kier molecular flexibility index (Phi) is 4.19. The second kappa shape index (κ2) is 6.11. The number of benzene rings is 1. The van der Waals surface area contributed by atoms with Crippen molar-refractivity contribution in [1.29, 1.82) is 0 Å². The fraction of sp³-hybridized carbons (Fsp3) is 0.556. The van der Waals surface area contributed by atoms with Gasteiger partial charge in [-0.2, -0.15) is 0 Å². The van der Waals surface area contributed by atoms with Gasteiger partial charge in [0.1, 0.15) is 12.4 Å². The molecule has 0 atom stereocenters.